The molecule has 0 aliphatic rings. The first-order chi connectivity index (χ1) is 8.18. The molecule has 0 aliphatic heterocycles. The standard InChI is InChI=1S/C14H15NO2/c1-11(10-12-6-3-2-4-7-12)15-9-5-8-13(15)14(16)17/h2-9,11H,10H2,1H3,(H,16,17)/t11-/m0/s1. The van der Waals surface area contributed by atoms with Gasteiger partial charge in [-0.05, 0) is 31.0 Å². The molecule has 1 aromatic heterocycles. The lowest BCUT2D eigenvalue weighted by atomic mass is 10.1. The van der Waals surface area contributed by atoms with Crippen molar-refractivity contribution in [3.05, 3.63) is 59.9 Å². The van der Waals surface area contributed by atoms with Crippen molar-refractivity contribution in [2.24, 2.45) is 0 Å². The summed E-state index contributed by atoms with van der Waals surface area (Å²) >= 11 is 0. The molecule has 1 atom stereocenters. The SMILES string of the molecule is C[C@@H](Cc1ccccc1)n1cccc1C(=O)O. The summed E-state index contributed by atoms with van der Waals surface area (Å²) in [6.07, 6.45) is 2.65. The number of hydrogen-bond acceptors (Lipinski definition) is 1. The molecule has 0 spiro atoms. The minimum absolute atomic E-state index is 0.137. The van der Waals surface area contributed by atoms with Gasteiger partial charge in [0.15, 0.2) is 0 Å². The fourth-order valence-corrected chi connectivity index (χ4v) is 2.01. The van der Waals surface area contributed by atoms with Crippen LogP contribution in [0.3, 0.4) is 0 Å². The van der Waals surface area contributed by atoms with Gasteiger partial charge in [-0.1, -0.05) is 30.3 Å². The Morgan fingerprint density at radius 2 is 1.94 bits per heavy atom. The summed E-state index contributed by atoms with van der Waals surface area (Å²) in [6, 6.07) is 13.6. The van der Waals surface area contributed by atoms with Crippen molar-refractivity contribution in [3.8, 4) is 0 Å². The summed E-state index contributed by atoms with van der Waals surface area (Å²) in [5.41, 5.74) is 1.55. The number of carboxylic acids is 1. The molecule has 17 heavy (non-hydrogen) atoms. The monoisotopic (exact) mass is 229 g/mol. The van der Waals surface area contributed by atoms with Crippen molar-refractivity contribution in [2.45, 2.75) is 19.4 Å². The molecule has 1 N–H and O–H groups in total. The number of rotatable bonds is 4. The Kier molecular flexibility index (Phi) is 3.28. The van der Waals surface area contributed by atoms with E-state index < -0.39 is 5.97 Å². The Bertz CT molecular complexity index is 502. The van der Waals surface area contributed by atoms with Crippen LogP contribution >= 0.6 is 0 Å². The largest absolute Gasteiger partial charge is 0.477 e. The van der Waals surface area contributed by atoms with Crippen LogP contribution in [-0.2, 0) is 6.42 Å². The highest BCUT2D eigenvalue weighted by atomic mass is 16.4. The quantitative estimate of drug-likeness (QED) is 0.875. The highest BCUT2D eigenvalue weighted by molar-refractivity contribution is 5.85. The molecule has 88 valence electrons. The zero-order valence-corrected chi connectivity index (χ0v) is 9.71. The molecule has 0 radical (unpaired) electrons. The van der Waals surface area contributed by atoms with Gasteiger partial charge in [-0.15, -0.1) is 0 Å². The van der Waals surface area contributed by atoms with E-state index in [1.165, 1.54) is 5.56 Å². The van der Waals surface area contributed by atoms with Gasteiger partial charge in [0.25, 0.3) is 0 Å². The molecule has 3 nitrogen and oxygen atoms in total. The molecule has 0 amide bonds. The Hall–Kier alpha value is -2.03. The average Bonchev–Trinajstić information content (AvgIpc) is 2.79. The van der Waals surface area contributed by atoms with E-state index in [0.29, 0.717) is 5.69 Å². The first kappa shape index (κ1) is 11.5. The van der Waals surface area contributed by atoms with E-state index in [1.807, 2.05) is 31.3 Å². The van der Waals surface area contributed by atoms with Crippen LogP contribution in [0.1, 0.15) is 29.0 Å². The lowest BCUT2D eigenvalue weighted by Gasteiger charge is -2.15. The molecule has 0 aliphatic carbocycles. The average molecular weight is 229 g/mol. The van der Waals surface area contributed by atoms with Crippen molar-refractivity contribution in [2.75, 3.05) is 0 Å². The van der Waals surface area contributed by atoms with Crippen molar-refractivity contribution >= 4 is 5.97 Å². The molecule has 1 aromatic carbocycles. The highest BCUT2D eigenvalue weighted by Crippen LogP contribution is 2.16. The number of carboxylic acid groups (broad SMARTS) is 1. The number of carbonyl (C=O) groups is 1. The van der Waals surface area contributed by atoms with Gasteiger partial charge >= 0.3 is 5.97 Å². The van der Waals surface area contributed by atoms with Crippen molar-refractivity contribution in [1.29, 1.82) is 0 Å². The van der Waals surface area contributed by atoms with Gasteiger partial charge in [-0.3, -0.25) is 0 Å². The van der Waals surface area contributed by atoms with Gasteiger partial charge in [-0.2, -0.15) is 0 Å². The first-order valence-electron chi connectivity index (χ1n) is 5.62. The maximum atomic E-state index is 11.0. The molecule has 1 heterocycles. The van der Waals surface area contributed by atoms with E-state index >= 15 is 0 Å². The van der Waals surface area contributed by atoms with Crippen LogP contribution in [0, 0.1) is 0 Å². The number of aromatic carboxylic acids is 1. The van der Waals surface area contributed by atoms with Crippen LogP contribution < -0.4 is 0 Å². The van der Waals surface area contributed by atoms with Crippen LogP contribution in [-0.4, -0.2) is 15.6 Å². The molecule has 0 fully saturated rings. The summed E-state index contributed by atoms with van der Waals surface area (Å²) in [4.78, 5) is 11.0. The van der Waals surface area contributed by atoms with Crippen molar-refractivity contribution < 1.29 is 9.90 Å². The predicted octanol–water partition coefficient (Wildman–Crippen LogP) is 2.99. The Balaban J connectivity index is 2.17. The zero-order chi connectivity index (χ0) is 12.3. The summed E-state index contributed by atoms with van der Waals surface area (Å²) < 4.78 is 1.80. The van der Waals surface area contributed by atoms with Gasteiger partial charge in [0, 0.05) is 12.2 Å². The normalized spacial score (nSPS) is 12.3. The van der Waals surface area contributed by atoms with Crippen LogP contribution in [0.15, 0.2) is 48.7 Å². The summed E-state index contributed by atoms with van der Waals surface area (Å²) in [7, 11) is 0. The first-order valence-corrected chi connectivity index (χ1v) is 5.62. The topological polar surface area (TPSA) is 42.2 Å². The third-order valence-corrected chi connectivity index (χ3v) is 2.85. The van der Waals surface area contributed by atoms with Crippen LogP contribution in [0.4, 0.5) is 0 Å². The van der Waals surface area contributed by atoms with Gasteiger partial charge < -0.3 is 9.67 Å². The fourth-order valence-electron chi connectivity index (χ4n) is 2.01. The summed E-state index contributed by atoms with van der Waals surface area (Å²) in [5.74, 6) is -0.880. The van der Waals surface area contributed by atoms with E-state index in [9.17, 15) is 4.79 Å². The summed E-state index contributed by atoms with van der Waals surface area (Å²) in [6.45, 7) is 2.03. The lowest BCUT2D eigenvalue weighted by Crippen LogP contribution is -2.13. The molecule has 0 saturated carbocycles. The molecule has 3 heteroatoms. The third kappa shape index (κ3) is 2.56. The molecule has 0 bridgehead atoms. The minimum atomic E-state index is -0.880. The van der Waals surface area contributed by atoms with Gasteiger partial charge in [0.2, 0.25) is 0 Å². The summed E-state index contributed by atoms with van der Waals surface area (Å²) in [5, 5.41) is 9.05. The van der Waals surface area contributed by atoms with E-state index in [-0.39, 0.29) is 6.04 Å². The molecule has 2 rings (SSSR count). The smallest absolute Gasteiger partial charge is 0.352 e. The Morgan fingerprint density at radius 3 is 2.59 bits per heavy atom. The molecule has 0 saturated heterocycles. The number of nitrogens with zero attached hydrogens (tertiary/aromatic N) is 1. The molecule has 0 unspecified atom stereocenters. The fraction of sp³-hybridized carbons (Fsp3) is 0.214. The zero-order valence-electron chi connectivity index (χ0n) is 9.71. The lowest BCUT2D eigenvalue weighted by molar-refractivity contribution is 0.0683. The Morgan fingerprint density at radius 1 is 1.24 bits per heavy atom. The number of aromatic nitrogens is 1. The van der Waals surface area contributed by atoms with Crippen LogP contribution in [0.5, 0.6) is 0 Å². The second-order valence-corrected chi connectivity index (χ2v) is 4.14. The van der Waals surface area contributed by atoms with E-state index in [2.05, 4.69) is 12.1 Å². The van der Waals surface area contributed by atoms with Crippen molar-refractivity contribution in [1.82, 2.24) is 4.57 Å². The number of hydrogen-bond donors (Lipinski definition) is 1. The molecule has 2 aromatic rings. The molecular weight excluding hydrogens is 214 g/mol. The van der Waals surface area contributed by atoms with E-state index in [4.69, 9.17) is 5.11 Å². The van der Waals surface area contributed by atoms with E-state index in [0.717, 1.165) is 6.42 Å². The minimum Gasteiger partial charge on any atom is -0.477 e. The van der Waals surface area contributed by atoms with Gasteiger partial charge in [-0.25, -0.2) is 4.79 Å². The van der Waals surface area contributed by atoms with Crippen LogP contribution in [0.25, 0.3) is 0 Å². The maximum absolute atomic E-state index is 11.0. The second-order valence-electron chi connectivity index (χ2n) is 4.14. The van der Waals surface area contributed by atoms with Gasteiger partial charge in [0.1, 0.15) is 5.69 Å². The Labute approximate surface area is 100 Å². The molecular formula is C14H15NO2. The van der Waals surface area contributed by atoms with E-state index in [1.54, 1.807) is 16.7 Å². The second kappa shape index (κ2) is 4.87. The van der Waals surface area contributed by atoms with Crippen molar-refractivity contribution in [3.63, 3.8) is 0 Å². The maximum Gasteiger partial charge on any atom is 0.352 e. The van der Waals surface area contributed by atoms with Gasteiger partial charge in [0.05, 0.1) is 0 Å². The third-order valence-electron chi connectivity index (χ3n) is 2.85. The highest BCUT2D eigenvalue weighted by Gasteiger charge is 2.13. The van der Waals surface area contributed by atoms with Crippen LogP contribution in [0.2, 0.25) is 0 Å². The number of benzene rings is 1. The predicted molar refractivity (Wildman–Crippen MR) is 66.2 cm³/mol.